The van der Waals surface area contributed by atoms with Crippen LogP contribution in [0.25, 0.3) is 0 Å². The number of rotatable bonds is 7. The molecule has 0 aromatic heterocycles. The summed E-state index contributed by atoms with van der Waals surface area (Å²) in [6.07, 6.45) is 1.11. The second kappa shape index (κ2) is 9.65. The highest BCUT2D eigenvalue weighted by molar-refractivity contribution is 5.17. The first kappa shape index (κ1) is 20.3. The molecule has 4 rings (SSSR count). The van der Waals surface area contributed by atoms with Crippen LogP contribution in [0.5, 0.6) is 0 Å². The molecular weight excluding hydrogens is 368 g/mol. The fourth-order valence-corrected chi connectivity index (χ4v) is 4.08. The molecule has 2 aliphatic rings. The quantitative estimate of drug-likeness (QED) is 0.655. The summed E-state index contributed by atoms with van der Waals surface area (Å²) in [5.41, 5.74) is 2.11. The van der Waals surface area contributed by atoms with E-state index in [-0.39, 0.29) is 24.2 Å². The maximum absolute atomic E-state index is 6.39. The molecular formula is C24H28O5. The van der Waals surface area contributed by atoms with Crippen LogP contribution >= 0.6 is 0 Å². The number of allylic oxidation sites excluding steroid dienone is 1. The van der Waals surface area contributed by atoms with Gasteiger partial charge in [0, 0.05) is 18.6 Å². The van der Waals surface area contributed by atoms with Crippen LogP contribution in [0.3, 0.4) is 0 Å². The van der Waals surface area contributed by atoms with Crippen LogP contribution < -0.4 is 0 Å². The zero-order valence-electron chi connectivity index (χ0n) is 16.7. The molecule has 154 valence electrons. The number of ether oxygens (including phenoxy) is 5. The zero-order valence-corrected chi connectivity index (χ0v) is 16.7. The first-order valence-electron chi connectivity index (χ1n) is 10.1. The van der Waals surface area contributed by atoms with Crippen molar-refractivity contribution in [2.45, 2.75) is 43.9 Å². The standard InChI is InChI=1S/C24H28O5/c1-3-10-19-21-20(16-27-23(29-21)18-13-8-5-9-14-18)28-24(25-2)22(19)26-15-17-11-6-4-7-12-17/h3-9,11-14,19-24H,1,10,15-16H2,2H3/t19-,20+,21-,22+,23+,24-/m0/s1. The first-order valence-corrected chi connectivity index (χ1v) is 10.1. The van der Waals surface area contributed by atoms with Crippen molar-refractivity contribution in [1.82, 2.24) is 0 Å². The summed E-state index contributed by atoms with van der Waals surface area (Å²) < 4.78 is 30.4. The number of hydrogen-bond donors (Lipinski definition) is 0. The van der Waals surface area contributed by atoms with Crippen molar-refractivity contribution in [3.8, 4) is 0 Å². The number of methoxy groups -OCH3 is 1. The molecule has 0 amide bonds. The van der Waals surface area contributed by atoms with Crippen LogP contribution in [-0.4, -0.2) is 38.3 Å². The van der Waals surface area contributed by atoms with Gasteiger partial charge >= 0.3 is 0 Å². The van der Waals surface area contributed by atoms with Gasteiger partial charge in [-0.15, -0.1) is 6.58 Å². The van der Waals surface area contributed by atoms with Crippen LogP contribution in [0, 0.1) is 5.92 Å². The van der Waals surface area contributed by atoms with Crippen molar-refractivity contribution < 1.29 is 23.7 Å². The van der Waals surface area contributed by atoms with Gasteiger partial charge in [-0.1, -0.05) is 66.7 Å². The van der Waals surface area contributed by atoms with E-state index < -0.39 is 12.6 Å². The molecule has 5 nitrogen and oxygen atoms in total. The minimum Gasteiger partial charge on any atom is -0.368 e. The molecule has 5 heteroatoms. The molecule has 2 aromatic rings. The molecule has 0 N–H and O–H groups in total. The van der Waals surface area contributed by atoms with Crippen LogP contribution in [0.15, 0.2) is 73.3 Å². The van der Waals surface area contributed by atoms with Gasteiger partial charge < -0.3 is 23.7 Å². The van der Waals surface area contributed by atoms with E-state index in [0.717, 1.165) is 17.5 Å². The fraction of sp³-hybridized carbons (Fsp3) is 0.417. The largest absolute Gasteiger partial charge is 0.368 e. The highest BCUT2D eigenvalue weighted by atomic mass is 16.7. The molecule has 2 heterocycles. The Hall–Kier alpha value is -2.02. The van der Waals surface area contributed by atoms with Gasteiger partial charge in [0.1, 0.15) is 12.2 Å². The molecule has 29 heavy (non-hydrogen) atoms. The second-order valence-electron chi connectivity index (χ2n) is 7.40. The lowest BCUT2D eigenvalue weighted by Crippen LogP contribution is -2.59. The Balaban J connectivity index is 1.53. The summed E-state index contributed by atoms with van der Waals surface area (Å²) in [6, 6.07) is 20.1. The summed E-state index contributed by atoms with van der Waals surface area (Å²) in [7, 11) is 1.64. The molecule has 6 atom stereocenters. The molecule has 0 radical (unpaired) electrons. The molecule has 0 saturated carbocycles. The Kier molecular flexibility index (Phi) is 6.74. The van der Waals surface area contributed by atoms with E-state index >= 15 is 0 Å². The zero-order chi connectivity index (χ0) is 20.1. The Morgan fingerprint density at radius 2 is 1.76 bits per heavy atom. The Bertz CT molecular complexity index is 759. The van der Waals surface area contributed by atoms with Gasteiger partial charge in [-0.05, 0) is 12.0 Å². The van der Waals surface area contributed by atoms with Crippen molar-refractivity contribution in [1.29, 1.82) is 0 Å². The van der Waals surface area contributed by atoms with E-state index in [2.05, 4.69) is 6.58 Å². The number of benzene rings is 2. The minimum atomic E-state index is -0.481. The number of fused-ring (bicyclic) bond motifs is 1. The normalized spacial score (nSPS) is 31.8. The Morgan fingerprint density at radius 1 is 1.03 bits per heavy atom. The summed E-state index contributed by atoms with van der Waals surface area (Å²) in [4.78, 5) is 0. The minimum absolute atomic E-state index is 0.0509. The van der Waals surface area contributed by atoms with Gasteiger partial charge in [-0.2, -0.15) is 0 Å². The second-order valence-corrected chi connectivity index (χ2v) is 7.40. The van der Waals surface area contributed by atoms with Gasteiger partial charge in [-0.25, -0.2) is 0 Å². The third kappa shape index (κ3) is 4.60. The predicted molar refractivity (Wildman–Crippen MR) is 109 cm³/mol. The average Bonchev–Trinajstić information content (AvgIpc) is 2.79. The van der Waals surface area contributed by atoms with Gasteiger partial charge in [-0.3, -0.25) is 0 Å². The molecule has 2 aliphatic heterocycles. The third-order valence-electron chi connectivity index (χ3n) is 5.51. The van der Waals surface area contributed by atoms with E-state index in [1.807, 2.05) is 66.7 Å². The van der Waals surface area contributed by atoms with Crippen LogP contribution in [0.1, 0.15) is 23.8 Å². The molecule has 2 aromatic carbocycles. The highest BCUT2D eigenvalue weighted by Gasteiger charge is 2.50. The van der Waals surface area contributed by atoms with Crippen LogP contribution in [0.4, 0.5) is 0 Å². The summed E-state index contributed by atoms with van der Waals surface area (Å²) >= 11 is 0. The lowest BCUT2D eigenvalue weighted by atomic mass is 9.85. The van der Waals surface area contributed by atoms with Gasteiger partial charge in [0.15, 0.2) is 12.6 Å². The predicted octanol–water partition coefficient (Wildman–Crippen LogP) is 4.25. The number of hydrogen-bond acceptors (Lipinski definition) is 5. The van der Waals surface area contributed by atoms with E-state index in [1.54, 1.807) is 7.11 Å². The van der Waals surface area contributed by atoms with E-state index in [9.17, 15) is 0 Å². The van der Waals surface area contributed by atoms with Crippen molar-refractivity contribution in [2.24, 2.45) is 5.92 Å². The topological polar surface area (TPSA) is 46.2 Å². The molecule has 2 fully saturated rings. The van der Waals surface area contributed by atoms with Gasteiger partial charge in [0.25, 0.3) is 0 Å². The molecule has 0 unspecified atom stereocenters. The summed E-state index contributed by atoms with van der Waals surface area (Å²) in [5, 5.41) is 0. The lowest BCUT2D eigenvalue weighted by Gasteiger charge is -2.49. The summed E-state index contributed by atoms with van der Waals surface area (Å²) in [5.74, 6) is 0.0509. The summed E-state index contributed by atoms with van der Waals surface area (Å²) in [6.45, 7) is 4.88. The molecule has 0 spiro atoms. The Morgan fingerprint density at radius 3 is 2.45 bits per heavy atom. The van der Waals surface area contributed by atoms with Crippen molar-refractivity contribution >= 4 is 0 Å². The molecule has 2 saturated heterocycles. The fourth-order valence-electron chi connectivity index (χ4n) is 4.08. The highest BCUT2D eigenvalue weighted by Crippen LogP contribution is 2.40. The molecule has 0 aliphatic carbocycles. The van der Waals surface area contributed by atoms with Crippen molar-refractivity contribution in [3.63, 3.8) is 0 Å². The van der Waals surface area contributed by atoms with Crippen LogP contribution in [0.2, 0.25) is 0 Å². The van der Waals surface area contributed by atoms with Crippen LogP contribution in [-0.2, 0) is 30.3 Å². The van der Waals surface area contributed by atoms with Crippen molar-refractivity contribution in [3.05, 3.63) is 84.4 Å². The monoisotopic (exact) mass is 396 g/mol. The third-order valence-corrected chi connectivity index (χ3v) is 5.51. The van der Waals surface area contributed by atoms with E-state index in [4.69, 9.17) is 23.7 Å². The smallest absolute Gasteiger partial charge is 0.184 e. The Labute approximate surface area is 172 Å². The van der Waals surface area contributed by atoms with E-state index in [1.165, 1.54) is 0 Å². The van der Waals surface area contributed by atoms with Gasteiger partial charge in [0.05, 0.1) is 19.3 Å². The SMILES string of the molecule is C=CC[C@@H]1[C@@H](OCc2ccccc2)[C@@H](OC)O[C@@H]2CO[C@@H](c3ccccc3)O[C@@H]12. The maximum atomic E-state index is 6.39. The van der Waals surface area contributed by atoms with Crippen molar-refractivity contribution in [2.75, 3.05) is 13.7 Å². The van der Waals surface area contributed by atoms with Gasteiger partial charge in [0.2, 0.25) is 0 Å². The molecule has 0 bridgehead atoms. The lowest BCUT2D eigenvalue weighted by molar-refractivity contribution is -0.355. The average molecular weight is 396 g/mol. The van der Waals surface area contributed by atoms with E-state index in [0.29, 0.717) is 13.2 Å². The first-order chi connectivity index (χ1) is 14.3. The maximum Gasteiger partial charge on any atom is 0.184 e.